The van der Waals surface area contributed by atoms with Gasteiger partial charge in [-0.05, 0) is 61.0 Å². The summed E-state index contributed by atoms with van der Waals surface area (Å²) < 4.78 is 10.7. The van der Waals surface area contributed by atoms with E-state index < -0.39 is 0 Å². The number of para-hydroxylation sites is 2. The number of rotatable bonds is 8. The Morgan fingerprint density at radius 1 is 0.861 bits per heavy atom. The van der Waals surface area contributed by atoms with Crippen LogP contribution in [-0.4, -0.2) is 56.7 Å². The molecule has 3 aromatic carbocycles. The number of amides is 3. The molecule has 4 rings (SSSR count). The van der Waals surface area contributed by atoms with Crippen LogP contribution in [0.3, 0.4) is 0 Å². The van der Waals surface area contributed by atoms with Crippen LogP contribution in [0.4, 0.5) is 21.9 Å². The summed E-state index contributed by atoms with van der Waals surface area (Å²) in [7, 11) is 1.63. The number of nitrogens with one attached hydrogen (secondary N) is 2. The van der Waals surface area contributed by atoms with E-state index in [0.29, 0.717) is 43.2 Å². The number of hydrogen-bond acceptors (Lipinski definition) is 5. The minimum Gasteiger partial charge on any atom is -0.497 e. The number of anilines is 3. The summed E-state index contributed by atoms with van der Waals surface area (Å²) in [5, 5.41) is 5.69. The van der Waals surface area contributed by atoms with Gasteiger partial charge in [-0.15, -0.1) is 0 Å². The van der Waals surface area contributed by atoms with Gasteiger partial charge in [0.15, 0.2) is 0 Å². The number of benzene rings is 3. The molecule has 2 N–H and O–H groups in total. The first-order valence-electron chi connectivity index (χ1n) is 12.1. The summed E-state index contributed by atoms with van der Waals surface area (Å²) in [6, 6.07) is 22.3. The van der Waals surface area contributed by atoms with Crippen LogP contribution in [0, 0.1) is 0 Å². The Bertz CT molecular complexity index is 1160. The van der Waals surface area contributed by atoms with Crippen LogP contribution in [0.25, 0.3) is 0 Å². The van der Waals surface area contributed by atoms with Gasteiger partial charge in [0.1, 0.15) is 11.5 Å². The molecule has 0 atom stereocenters. The lowest BCUT2D eigenvalue weighted by Crippen LogP contribution is -2.49. The van der Waals surface area contributed by atoms with Crippen molar-refractivity contribution in [1.29, 1.82) is 0 Å². The second-order valence-electron chi connectivity index (χ2n) is 8.45. The zero-order valence-corrected chi connectivity index (χ0v) is 20.7. The number of urea groups is 1. The Balaban J connectivity index is 1.26. The van der Waals surface area contributed by atoms with E-state index >= 15 is 0 Å². The predicted molar refractivity (Wildman–Crippen MR) is 142 cm³/mol. The number of methoxy groups -OCH3 is 1. The average molecular weight is 489 g/mol. The van der Waals surface area contributed by atoms with Crippen LogP contribution >= 0.6 is 0 Å². The fourth-order valence-electron chi connectivity index (χ4n) is 4.14. The molecule has 188 valence electrons. The molecule has 3 aromatic rings. The van der Waals surface area contributed by atoms with Gasteiger partial charge in [-0.2, -0.15) is 0 Å². The third kappa shape index (κ3) is 6.47. The van der Waals surface area contributed by atoms with Gasteiger partial charge < -0.3 is 29.9 Å². The van der Waals surface area contributed by atoms with Gasteiger partial charge in [0.05, 0.1) is 25.8 Å². The van der Waals surface area contributed by atoms with Crippen molar-refractivity contribution in [2.24, 2.45) is 0 Å². The minimum atomic E-state index is -0.334. The summed E-state index contributed by atoms with van der Waals surface area (Å²) in [5.41, 5.74) is 3.35. The highest BCUT2D eigenvalue weighted by Gasteiger charge is 2.21. The molecular weight excluding hydrogens is 456 g/mol. The molecule has 1 aliphatic rings. The lowest BCUT2D eigenvalue weighted by molar-refractivity contribution is -0.130. The van der Waals surface area contributed by atoms with Crippen LogP contribution in [-0.2, 0) is 11.2 Å². The molecule has 8 heteroatoms. The minimum absolute atomic E-state index is 0.135. The van der Waals surface area contributed by atoms with Gasteiger partial charge in [0, 0.05) is 37.6 Å². The second-order valence-corrected chi connectivity index (χ2v) is 8.45. The van der Waals surface area contributed by atoms with E-state index in [2.05, 4.69) is 15.5 Å². The van der Waals surface area contributed by atoms with Crippen molar-refractivity contribution < 1.29 is 19.1 Å². The SMILES string of the molecule is CCOc1ccccc1NC(=O)Nc1ccc(N2CCN(C(=O)Cc3ccc(OC)cc3)CC2)cc1. The number of nitrogens with zero attached hydrogens (tertiary/aromatic N) is 2. The van der Waals surface area contributed by atoms with Crippen molar-refractivity contribution in [2.75, 3.05) is 55.4 Å². The Hall–Kier alpha value is -4.20. The summed E-state index contributed by atoms with van der Waals surface area (Å²) >= 11 is 0. The molecule has 8 nitrogen and oxygen atoms in total. The number of carbonyl (C=O) groups excluding carboxylic acids is 2. The van der Waals surface area contributed by atoms with Crippen molar-refractivity contribution in [3.8, 4) is 11.5 Å². The average Bonchev–Trinajstić information content (AvgIpc) is 2.91. The van der Waals surface area contributed by atoms with Gasteiger partial charge in [0.25, 0.3) is 0 Å². The molecule has 1 heterocycles. The molecule has 0 spiro atoms. The third-order valence-corrected chi connectivity index (χ3v) is 6.07. The molecule has 0 radical (unpaired) electrons. The zero-order chi connectivity index (χ0) is 25.3. The molecule has 1 aliphatic heterocycles. The zero-order valence-electron chi connectivity index (χ0n) is 20.7. The van der Waals surface area contributed by atoms with Gasteiger partial charge in [-0.1, -0.05) is 24.3 Å². The van der Waals surface area contributed by atoms with Crippen LogP contribution < -0.4 is 25.0 Å². The van der Waals surface area contributed by atoms with Crippen molar-refractivity contribution >= 4 is 29.0 Å². The van der Waals surface area contributed by atoms with Gasteiger partial charge >= 0.3 is 6.03 Å². The molecule has 0 aromatic heterocycles. The summed E-state index contributed by atoms with van der Waals surface area (Å²) in [6.07, 6.45) is 0.390. The number of ether oxygens (including phenoxy) is 2. The molecule has 0 saturated carbocycles. The van der Waals surface area contributed by atoms with Gasteiger partial charge in [0.2, 0.25) is 5.91 Å². The Morgan fingerprint density at radius 2 is 1.56 bits per heavy atom. The monoisotopic (exact) mass is 488 g/mol. The maximum Gasteiger partial charge on any atom is 0.323 e. The van der Waals surface area contributed by atoms with Crippen LogP contribution in [0.5, 0.6) is 11.5 Å². The van der Waals surface area contributed by atoms with Gasteiger partial charge in [-0.25, -0.2) is 4.79 Å². The van der Waals surface area contributed by atoms with Crippen LogP contribution in [0.2, 0.25) is 0 Å². The number of piperazine rings is 1. The predicted octanol–water partition coefficient (Wildman–Crippen LogP) is 4.63. The quantitative estimate of drug-likeness (QED) is 0.483. The van der Waals surface area contributed by atoms with Crippen molar-refractivity contribution in [3.05, 3.63) is 78.4 Å². The van der Waals surface area contributed by atoms with Crippen molar-refractivity contribution in [2.45, 2.75) is 13.3 Å². The summed E-state index contributed by atoms with van der Waals surface area (Å²) in [4.78, 5) is 29.3. The molecule has 0 aliphatic carbocycles. The van der Waals surface area contributed by atoms with E-state index in [1.54, 1.807) is 13.2 Å². The molecule has 0 bridgehead atoms. The van der Waals surface area contributed by atoms with Crippen LogP contribution in [0.1, 0.15) is 12.5 Å². The summed E-state index contributed by atoms with van der Waals surface area (Å²) in [5.74, 6) is 1.55. The highest BCUT2D eigenvalue weighted by molar-refractivity contribution is 6.00. The van der Waals surface area contributed by atoms with E-state index in [0.717, 1.165) is 30.1 Å². The lowest BCUT2D eigenvalue weighted by atomic mass is 10.1. The van der Waals surface area contributed by atoms with E-state index in [4.69, 9.17) is 9.47 Å². The normalized spacial score (nSPS) is 13.2. The first-order valence-corrected chi connectivity index (χ1v) is 12.1. The largest absolute Gasteiger partial charge is 0.497 e. The maximum atomic E-state index is 12.7. The van der Waals surface area contributed by atoms with E-state index in [1.807, 2.05) is 78.6 Å². The van der Waals surface area contributed by atoms with E-state index in [-0.39, 0.29) is 11.9 Å². The highest BCUT2D eigenvalue weighted by Crippen LogP contribution is 2.24. The fourth-order valence-corrected chi connectivity index (χ4v) is 4.14. The number of carbonyl (C=O) groups is 2. The third-order valence-electron chi connectivity index (χ3n) is 6.07. The first-order chi connectivity index (χ1) is 17.6. The second kappa shape index (κ2) is 12.0. The molecule has 1 fully saturated rings. The summed E-state index contributed by atoms with van der Waals surface area (Å²) in [6.45, 7) is 5.30. The molecule has 0 unspecified atom stereocenters. The lowest BCUT2D eigenvalue weighted by Gasteiger charge is -2.36. The van der Waals surface area contributed by atoms with E-state index in [1.165, 1.54) is 0 Å². The van der Waals surface area contributed by atoms with Gasteiger partial charge in [-0.3, -0.25) is 4.79 Å². The smallest absolute Gasteiger partial charge is 0.323 e. The van der Waals surface area contributed by atoms with Crippen molar-refractivity contribution in [1.82, 2.24) is 4.90 Å². The topological polar surface area (TPSA) is 83.1 Å². The number of hydrogen-bond donors (Lipinski definition) is 2. The Kier molecular flexibility index (Phi) is 8.28. The molecule has 36 heavy (non-hydrogen) atoms. The maximum absolute atomic E-state index is 12.7. The molecule has 3 amide bonds. The molecular formula is C28H32N4O4. The van der Waals surface area contributed by atoms with E-state index in [9.17, 15) is 9.59 Å². The Labute approximate surface area is 211 Å². The van der Waals surface area contributed by atoms with Crippen molar-refractivity contribution in [3.63, 3.8) is 0 Å². The first kappa shape index (κ1) is 24.9. The highest BCUT2D eigenvalue weighted by atomic mass is 16.5. The van der Waals surface area contributed by atoms with Crippen LogP contribution in [0.15, 0.2) is 72.8 Å². The standard InChI is InChI=1S/C28H32N4O4/c1-3-36-26-7-5-4-6-25(26)30-28(34)29-22-10-12-23(13-11-22)31-16-18-32(19-17-31)27(33)20-21-8-14-24(35-2)15-9-21/h4-15H,3,16-20H2,1-2H3,(H2,29,30,34). The fraction of sp³-hybridized carbons (Fsp3) is 0.286. The Morgan fingerprint density at radius 3 is 2.22 bits per heavy atom. The molecule has 1 saturated heterocycles.